The first kappa shape index (κ1) is 22.8. The maximum absolute atomic E-state index is 12.6. The average molecular weight is 470 g/mol. The number of halogens is 13. The van der Waals surface area contributed by atoms with Crippen LogP contribution in [-0.4, -0.2) is 0 Å². The number of hydrogen-bond donors (Lipinski definition) is 0. The van der Waals surface area contributed by atoms with E-state index in [0.717, 1.165) is 0 Å². The van der Waals surface area contributed by atoms with E-state index in [-0.39, 0.29) is 41.5 Å². The Morgan fingerprint density at radius 1 is 0.522 bits per heavy atom. The normalized spacial score (nSPS) is 14.0. The standard InChI is InChI=1S/C9F12I.Li/c10-6(11,12)1-2(7(13,14)15)4(9(19,20)21)5(22)3(1)8(16,17)18;/q-1;+1. The van der Waals surface area contributed by atoms with Gasteiger partial charge < -0.3 is 0 Å². The van der Waals surface area contributed by atoms with Gasteiger partial charge in [0.15, 0.2) is 0 Å². The first-order valence-corrected chi connectivity index (χ1v) is 5.79. The van der Waals surface area contributed by atoms with Gasteiger partial charge in [-0.05, 0) is 11.1 Å². The molecule has 128 valence electrons. The van der Waals surface area contributed by atoms with E-state index in [1.54, 1.807) is 0 Å². The Bertz CT molecular complexity index is 520. The van der Waals surface area contributed by atoms with Crippen molar-refractivity contribution >= 4 is 22.6 Å². The van der Waals surface area contributed by atoms with Crippen LogP contribution in [-0.2, 0) is 24.7 Å². The molecule has 1 aromatic carbocycles. The summed E-state index contributed by atoms with van der Waals surface area (Å²) < 4.78 is 149. The summed E-state index contributed by atoms with van der Waals surface area (Å²) in [6.45, 7) is 0. The summed E-state index contributed by atoms with van der Waals surface area (Å²) in [7, 11) is 0. The molecule has 0 aliphatic heterocycles. The average Bonchev–Trinajstić information content (AvgIpc) is 2.48. The van der Waals surface area contributed by atoms with E-state index in [0.29, 0.717) is 0 Å². The summed E-state index contributed by atoms with van der Waals surface area (Å²) in [6, 6.07) is 0. The van der Waals surface area contributed by atoms with Gasteiger partial charge in [0, 0.05) is 0 Å². The molecule has 1 rings (SSSR count). The third kappa shape index (κ3) is 4.47. The maximum atomic E-state index is 12.6. The van der Waals surface area contributed by atoms with Crippen LogP contribution < -0.4 is 18.9 Å². The van der Waals surface area contributed by atoms with Crippen molar-refractivity contribution in [2.75, 3.05) is 0 Å². The van der Waals surface area contributed by atoms with Gasteiger partial charge in [-0.3, -0.25) is 0 Å². The van der Waals surface area contributed by atoms with Gasteiger partial charge in [0.2, 0.25) is 0 Å². The van der Waals surface area contributed by atoms with Gasteiger partial charge in [-0.1, -0.05) is 14.7 Å². The molecule has 0 atom stereocenters. The zero-order valence-corrected chi connectivity index (χ0v) is 12.6. The molecule has 0 saturated heterocycles. The largest absolute Gasteiger partial charge is 1.00 e. The van der Waals surface area contributed by atoms with E-state index in [1.165, 1.54) is 0 Å². The van der Waals surface area contributed by atoms with Gasteiger partial charge in [-0.25, -0.2) is 0 Å². The second kappa shape index (κ2) is 6.29. The van der Waals surface area contributed by atoms with Gasteiger partial charge in [0.05, 0.1) is 0 Å². The molecule has 0 aromatic heterocycles. The molecule has 0 N–H and O–H groups in total. The minimum atomic E-state index is -6.28. The molecule has 0 aliphatic rings. The van der Waals surface area contributed by atoms with Crippen LogP contribution in [0.5, 0.6) is 0 Å². The maximum Gasteiger partial charge on any atom is 1.00 e. The molecule has 23 heavy (non-hydrogen) atoms. The molecule has 0 aliphatic carbocycles. The molecular formula is C9F12ILi. The van der Waals surface area contributed by atoms with Gasteiger partial charge in [0.1, 0.15) is 0 Å². The summed E-state index contributed by atoms with van der Waals surface area (Å²) in [5.41, 5.74) is -12.8. The monoisotopic (exact) mass is 470 g/mol. The summed E-state index contributed by atoms with van der Waals surface area (Å²) in [5, 5.41) is 0. The van der Waals surface area contributed by atoms with Crippen LogP contribution in [0.4, 0.5) is 52.7 Å². The first-order valence-electron chi connectivity index (χ1n) is 4.71. The Kier molecular flexibility index (Phi) is 6.24. The second-order valence-electron chi connectivity index (χ2n) is 3.81. The molecule has 0 heterocycles. The number of rotatable bonds is 0. The molecule has 0 saturated carbocycles. The molecule has 0 amide bonds. The molecular weight excluding hydrogens is 470 g/mol. The first-order chi connectivity index (χ1) is 9.40. The Balaban J connectivity index is 0.00000484. The second-order valence-corrected chi connectivity index (χ2v) is 4.88. The van der Waals surface area contributed by atoms with E-state index in [2.05, 4.69) is 0 Å². The van der Waals surface area contributed by atoms with Crippen molar-refractivity contribution in [3.63, 3.8) is 0 Å². The zero-order chi connectivity index (χ0) is 17.9. The molecule has 1 aromatic rings. The molecule has 0 radical (unpaired) electrons. The third-order valence-electron chi connectivity index (χ3n) is 2.32. The van der Waals surface area contributed by atoms with Crippen LogP contribution in [0.2, 0.25) is 0 Å². The van der Waals surface area contributed by atoms with Crippen molar-refractivity contribution in [2.45, 2.75) is 24.7 Å². The third-order valence-corrected chi connectivity index (χ3v) is 3.40. The van der Waals surface area contributed by atoms with Crippen molar-refractivity contribution in [1.82, 2.24) is 0 Å². The number of hydrogen-bond acceptors (Lipinski definition) is 0. The summed E-state index contributed by atoms with van der Waals surface area (Å²) in [4.78, 5) is 0. The van der Waals surface area contributed by atoms with E-state index < -0.39 is 50.5 Å². The van der Waals surface area contributed by atoms with Gasteiger partial charge in [-0.15, -0.1) is 22.6 Å². The van der Waals surface area contributed by atoms with E-state index in [4.69, 9.17) is 0 Å². The van der Waals surface area contributed by atoms with Gasteiger partial charge in [0.25, 0.3) is 0 Å². The SMILES string of the molecule is FC(F)(F)c1c(C(F)(F)F)c(C(F)(F)F)[c-](I)c1C(F)(F)F.[Li+]. The minimum Gasteiger partial charge on any atom is -0.180 e. The summed E-state index contributed by atoms with van der Waals surface area (Å²) in [6.07, 6.45) is -24.7. The minimum absolute atomic E-state index is 0. The molecule has 14 heteroatoms. The Morgan fingerprint density at radius 2 is 0.739 bits per heavy atom. The number of alkyl halides is 12. The zero-order valence-electron chi connectivity index (χ0n) is 10.4. The Morgan fingerprint density at radius 3 is 0.870 bits per heavy atom. The van der Waals surface area contributed by atoms with Gasteiger partial charge >= 0.3 is 43.6 Å². The molecule has 0 nitrogen and oxygen atoms in total. The quantitative estimate of drug-likeness (QED) is 0.237. The van der Waals surface area contributed by atoms with Crippen molar-refractivity contribution < 1.29 is 71.5 Å². The van der Waals surface area contributed by atoms with Gasteiger partial charge in [-0.2, -0.15) is 52.7 Å². The molecule has 0 spiro atoms. The smallest absolute Gasteiger partial charge is 0.180 e. The molecule has 0 fully saturated rings. The predicted molar refractivity (Wildman–Crippen MR) is 54.8 cm³/mol. The Hall–Kier alpha value is -0.163. The van der Waals surface area contributed by atoms with E-state index in [1.807, 2.05) is 0 Å². The van der Waals surface area contributed by atoms with Crippen LogP contribution in [0.3, 0.4) is 0 Å². The summed E-state index contributed by atoms with van der Waals surface area (Å²) in [5.74, 6) is 0. The molecule has 0 bridgehead atoms. The van der Waals surface area contributed by atoms with Crippen molar-refractivity contribution in [3.05, 3.63) is 25.8 Å². The van der Waals surface area contributed by atoms with Crippen molar-refractivity contribution in [3.8, 4) is 0 Å². The summed E-state index contributed by atoms with van der Waals surface area (Å²) >= 11 is 0.178. The van der Waals surface area contributed by atoms with Crippen LogP contribution in [0, 0.1) is 3.57 Å². The van der Waals surface area contributed by atoms with Crippen LogP contribution in [0.1, 0.15) is 22.3 Å². The Labute approximate surface area is 144 Å². The fraction of sp³-hybridized carbons (Fsp3) is 0.444. The van der Waals surface area contributed by atoms with Crippen molar-refractivity contribution in [2.24, 2.45) is 0 Å². The topological polar surface area (TPSA) is 0 Å². The van der Waals surface area contributed by atoms with Crippen LogP contribution in [0.15, 0.2) is 0 Å². The van der Waals surface area contributed by atoms with Crippen LogP contribution >= 0.6 is 22.6 Å². The van der Waals surface area contributed by atoms with Crippen molar-refractivity contribution in [1.29, 1.82) is 0 Å². The molecule has 0 unspecified atom stereocenters. The van der Waals surface area contributed by atoms with E-state index in [9.17, 15) is 52.7 Å². The van der Waals surface area contributed by atoms with E-state index >= 15 is 0 Å². The van der Waals surface area contributed by atoms with Crippen LogP contribution in [0.25, 0.3) is 0 Å². The fourth-order valence-electron chi connectivity index (χ4n) is 1.69. The fourth-order valence-corrected chi connectivity index (χ4v) is 2.84. The predicted octanol–water partition coefficient (Wildman–Crippen LogP) is 3.09.